The molecule has 1 heterocycles. The first kappa shape index (κ1) is 22.2. The van der Waals surface area contributed by atoms with Crippen LogP contribution < -0.4 is 0 Å². The third-order valence-corrected chi connectivity index (χ3v) is 5.39. The van der Waals surface area contributed by atoms with Crippen molar-refractivity contribution in [2.24, 2.45) is 10.3 Å². The lowest BCUT2D eigenvalue weighted by atomic mass is 10.1. The molecule has 0 aliphatic heterocycles. The highest BCUT2D eigenvalue weighted by molar-refractivity contribution is 6.09. The van der Waals surface area contributed by atoms with E-state index in [1.54, 1.807) is 12.3 Å². The fraction of sp³-hybridized carbons (Fsp3) is 0.231. The van der Waals surface area contributed by atoms with Crippen LogP contribution >= 0.6 is 0 Å². The van der Waals surface area contributed by atoms with E-state index in [1.807, 2.05) is 0 Å². The third-order valence-electron chi connectivity index (χ3n) is 5.39. The van der Waals surface area contributed by atoms with Gasteiger partial charge < -0.3 is 24.5 Å². The van der Waals surface area contributed by atoms with Gasteiger partial charge in [-0.3, -0.25) is 0 Å². The predicted molar refractivity (Wildman–Crippen MR) is 131 cm³/mol. The number of para-hydroxylation sites is 1. The maximum atomic E-state index is 9.44. The van der Waals surface area contributed by atoms with Crippen LogP contribution in [0.2, 0.25) is 0 Å². The van der Waals surface area contributed by atoms with Crippen molar-refractivity contribution in [3.8, 4) is 11.5 Å². The fourth-order valence-electron chi connectivity index (χ4n) is 3.75. The van der Waals surface area contributed by atoms with Gasteiger partial charge >= 0.3 is 0 Å². The normalized spacial score (nSPS) is 11.8. The van der Waals surface area contributed by atoms with Crippen LogP contribution in [-0.4, -0.2) is 40.4 Å². The number of rotatable bonds is 10. The summed E-state index contributed by atoms with van der Waals surface area (Å²) in [7, 11) is 0. The largest absolute Gasteiger partial charge is 0.504 e. The minimum absolute atomic E-state index is 0.166. The first-order valence-electron chi connectivity index (χ1n) is 11.0. The average Bonchev–Trinajstić information content (AvgIpc) is 3.15. The number of hydrogen-bond donors (Lipinski definition) is 2. The van der Waals surface area contributed by atoms with Gasteiger partial charge in [-0.2, -0.15) is 0 Å². The number of aromatic nitrogens is 1. The van der Waals surface area contributed by atoms with Gasteiger partial charge in [0, 0.05) is 28.4 Å². The molecule has 0 amide bonds. The van der Waals surface area contributed by atoms with Gasteiger partial charge in [-0.25, -0.2) is 0 Å². The van der Waals surface area contributed by atoms with Crippen LogP contribution in [0.1, 0.15) is 30.9 Å². The average molecular weight is 446 g/mol. The van der Waals surface area contributed by atoms with E-state index in [9.17, 15) is 10.2 Å². The Morgan fingerprint density at radius 2 is 1.39 bits per heavy atom. The molecule has 2 N–H and O–H groups in total. The van der Waals surface area contributed by atoms with Gasteiger partial charge in [0.05, 0.1) is 12.4 Å². The molecule has 0 aliphatic rings. The van der Waals surface area contributed by atoms with E-state index in [1.165, 1.54) is 40.2 Å². The zero-order chi connectivity index (χ0) is 23.0. The molecule has 0 bridgehead atoms. The summed E-state index contributed by atoms with van der Waals surface area (Å²) in [4.78, 5) is 10.6. The van der Waals surface area contributed by atoms with E-state index in [4.69, 9.17) is 9.68 Å². The van der Waals surface area contributed by atoms with Crippen molar-refractivity contribution in [2.45, 2.75) is 26.3 Å². The number of phenolic OH excluding ortho intramolecular Hbond substituents is 2. The SMILES string of the molecule is CCn1c2ccccc2c2cc(/C=N/OCCCCO/N=C/c3ccc(O)c(O)c3)ccc21. The number of aryl methyl sites for hydroxylation is 1. The molecule has 170 valence electrons. The molecule has 4 rings (SSSR count). The van der Waals surface area contributed by atoms with E-state index in [2.05, 4.69) is 64.3 Å². The summed E-state index contributed by atoms with van der Waals surface area (Å²) < 4.78 is 2.32. The Kier molecular flexibility index (Phi) is 7.09. The molecule has 0 radical (unpaired) electrons. The second-order valence-electron chi connectivity index (χ2n) is 7.63. The van der Waals surface area contributed by atoms with E-state index < -0.39 is 0 Å². The van der Waals surface area contributed by atoms with Crippen LogP contribution in [-0.2, 0) is 16.2 Å². The van der Waals surface area contributed by atoms with Gasteiger partial charge in [0.1, 0.15) is 13.2 Å². The molecule has 4 aromatic rings. The van der Waals surface area contributed by atoms with Crippen molar-refractivity contribution in [3.05, 3.63) is 71.8 Å². The Morgan fingerprint density at radius 3 is 2.09 bits per heavy atom. The zero-order valence-corrected chi connectivity index (χ0v) is 18.5. The van der Waals surface area contributed by atoms with E-state index in [0.29, 0.717) is 18.8 Å². The van der Waals surface area contributed by atoms with Gasteiger partial charge in [0.2, 0.25) is 0 Å². The second-order valence-corrected chi connectivity index (χ2v) is 7.63. The lowest BCUT2D eigenvalue weighted by molar-refractivity contribution is 0.112. The molecule has 33 heavy (non-hydrogen) atoms. The number of oxime groups is 2. The van der Waals surface area contributed by atoms with Crippen molar-refractivity contribution in [2.75, 3.05) is 13.2 Å². The van der Waals surface area contributed by atoms with E-state index >= 15 is 0 Å². The molecule has 0 fully saturated rings. The van der Waals surface area contributed by atoms with Gasteiger partial charge in [-0.05, 0) is 67.3 Å². The monoisotopic (exact) mass is 445 g/mol. The van der Waals surface area contributed by atoms with Crippen molar-refractivity contribution in [1.82, 2.24) is 4.57 Å². The van der Waals surface area contributed by atoms with Gasteiger partial charge in [0.25, 0.3) is 0 Å². The topological polar surface area (TPSA) is 88.6 Å². The number of phenols is 2. The smallest absolute Gasteiger partial charge is 0.158 e. The molecule has 0 atom stereocenters. The first-order chi connectivity index (χ1) is 16.2. The number of unbranched alkanes of at least 4 members (excludes halogenated alkanes) is 1. The van der Waals surface area contributed by atoms with Gasteiger partial charge in [-0.15, -0.1) is 0 Å². The Labute approximate surface area is 192 Å². The Balaban J connectivity index is 1.21. The molecular weight excluding hydrogens is 418 g/mol. The number of benzene rings is 3. The van der Waals surface area contributed by atoms with Gasteiger partial charge in [-0.1, -0.05) is 34.6 Å². The highest BCUT2D eigenvalue weighted by atomic mass is 16.6. The van der Waals surface area contributed by atoms with Crippen molar-refractivity contribution >= 4 is 34.2 Å². The molecule has 0 unspecified atom stereocenters. The van der Waals surface area contributed by atoms with Crippen molar-refractivity contribution in [3.63, 3.8) is 0 Å². The summed E-state index contributed by atoms with van der Waals surface area (Å²) in [5.74, 6) is -0.357. The van der Waals surface area contributed by atoms with Gasteiger partial charge in [0.15, 0.2) is 11.5 Å². The number of nitrogens with zero attached hydrogens (tertiary/aromatic N) is 3. The summed E-state index contributed by atoms with van der Waals surface area (Å²) in [6, 6.07) is 19.2. The third kappa shape index (κ3) is 5.26. The molecule has 3 aromatic carbocycles. The van der Waals surface area contributed by atoms with Crippen molar-refractivity contribution < 1.29 is 19.9 Å². The molecule has 7 nitrogen and oxygen atoms in total. The van der Waals surface area contributed by atoms with Crippen LogP contribution in [0.15, 0.2) is 71.0 Å². The minimum atomic E-state index is -0.190. The summed E-state index contributed by atoms with van der Waals surface area (Å²) in [6.45, 7) is 4.03. The lowest BCUT2D eigenvalue weighted by Gasteiger charge is -2.03. The van der Waals surface area contributed by atoms with E-state index in [-0.39, 0.29) is 11.5 Å². The molecular formula is C26H27N3O4. The highest BCUT2D eigenvalue weighted by Crippen LogP contribution is 2.29. The van der Waals surface area contributed by atoms with E-state index in [0.717, 1.165) is 24.9 Å². The van der Waals surface area contributed by atoms with Crippen LogP contribution in [0.25, 0.3) is 21.8 Å². The summed E-state index contributed by atoms with van der Waals surface area (Å²) in [5.41, 5.74) is 4.11. The second kappa shape index (κ2) is 10.5. The lowest BCUT2D eigenvalue weighted by Crippen LogP contribution is -1.94. The Morgan fingerprint density at radius 1 is 0.758 bits per heavy atom. The molecule has 0 spiro atoms. The molecule has 0 aliphatic carbocycles. The highest BCUT2D eigenvalue weighted by Gasteiger charge is 2.09. The predicted octanol–water partition coefficient (Wildman–Crippen LogP) is 5.41. The van der Waals surface area contributed by atoms with Crippen molar-refractivity contribution in [1.29, 1.82) is 0 Å². The standard InChI is InChI=1S/C26H27N3O4/c1-2-29-23-8-4-3-7-21(23)22-15-19(9-11-24(22)29)17-27-32-13-5-6-14-33-28-18-20-10-12-25(30)26(31)16-20/h3-4,7-12,15-18,30-31H,2,5-6,13-14H2,1H3/b27-17+,28-18+. The Bertz CT molecular complexity index is 1290. The van der Waals surface area contributed by atoms with Crippen LogP contribution in [0, 0.1) is 0 Å². The molecule has 7 heteroatoms. The zero-order valence-electron chi connectivity index (χ0n) is 18.5. The Hall–Kier alpha value is -4.00. The molecule has 0 saturated carbocycles. The quantitative estimate of drug-likeness (QED) is 0.148. The molecule has 1 aromatic heterocycles. The number of aromatic hydroxyl groups is 2. The number of hydrogen-bond acceptors (Lipinski definition) is 6. The van der Waals surface area contributed by atoms with Crippen LogP contribution in [0.4, 0.5) is 0 Å². The maximum absolute atomic E-state index is 9.44. The summed E-state index contributed by atoms with van der Waals surface area (Å²) >= 11 is 0. The van der Waals surface area contributed by atoms with Crippen LogP contribution in [0.5, 0.6) is 11.5 Å². The summed E-state index contributed by atoms with van der Waals surface area (Å²) in [6.07, 6.45) is 4.78. The fourth-order valence-corrected chi connectivity index (χ4v) is 3.75. The minimum Gasteiger partial charge on any atom is -0.504 e. The number of fused-ring (bicyclic) bond motifs is 3. The maximum Gasteiger partial charge on any atom is 0.158 e. The van der Waals surface area contributed by atoms with Crippen LogP contribution in [0.3, 0.4) is 0 Å². The molecule has 0 saturated heterocycles. The first-order valence-corrected chi connectivity index (χ1v) is 11.0. The summed E-state index contributed by atoms with van der Waals surface area (Å²) in [5, 5.41) is 29.1.